The van der Waals surface area contributed by atoms with Gasteiger partial charge in [0, 0.05) is 13.1 Å². The number of hydrogen-bond donors (Lipinski definition) is 0. The molecule has 0 amide bonds. The van der Waals surface area contributed by atoms with Crippen molar-refractivity contribution in [3.63, 3.8) is 0 Å². The Labute approximate surface area is 117 Å². The monoisotopic (exact) mass is 282 g/mol. The molecule has 4 nitrogen and oxygen atoms in total. The molecule has 0 saturated carbocycles. The second-order valence-electron chi connectivity index (χ2n) is 5.17. The van der Waals surface area contributed by atoms with Gasteiger partial charge < -0.3 is 0 Å². The summed E-state index contributed by atoms with van der Waals surface area (Å²) < 4.78 is 27.9. The van der Waals surface area contributed by atoms with Crippen LogP contribution in [0.2, 0.25) is 0 Å². The summed E-state index contributed by atoms with van der Waals surface area (Å²) in [6, 6.07) is 0. The van der Waals surface area contributed by atoms with E-state index in [1.807, 2.05) is 0 Å². The van der Waals surface area contributed by atoms with Crippen LogP contribution in [-0.2, 0) is 10.2 Å². The minimum Gasteiger partial charge on any atom is -0.195 e. The van der Waals surface area contributed by atoms with Crippen LogP contribution in [0.25, 0.3) is 0 Å². The van der Waals surface area contributed by atoms with Crippen LogP contribution in [0.15, 0.2) is 0 Å². The molecule has 1 rings (SSSR count). The van der Waals surface area contributed by atoms with Gasteiger partial charge in [-0.05, 0) is 25.2 Å². The topological polar surface area (TPSA) is 40.6 Å². The molecule has 1 aliphatic heterocycles. The molecule has 5 heteroatoms. The van der Waals surface area contributed by atoms with Gasteiger partial charge in [0.05, 0.1) is 13.1 Å². The first-order valence-corrected chi connectivity index (χ1v) is 7.89. The predicted molar refractivity (Wildman–Crippen MR) is 77.3 cm³/mol. The van der Waals surface area contributed by atoms with Crippen LogP contribution < -0.4 is 0 Å². The smallest absolute Gasteiger partial charge is 0.195 e. The normalized spacial score (nSPS) is 24.6. The van der Waals surface area contributed by atoms with Crippen LogP contribution in [-0.4, -0.2) is 43.2 Å². The molecule has 1 fully saturated rings. The summed E-state index contributed by atoms with van der Waals surface area (Å²) in [6.45, 7) is 7.19. The van der Waals surface area contributed by atoms with E-state index in [0.29, 0.717) is 24.9 Å². The molecule has 0 N–H and O–H groups in total. The van der Waals surface area contributed by atoms with Gasteiger partial charge in [0.15, 0.2) is 0 Å². The first kappa shape index (κ1) is 16.0. The molecular formula is C14H22N2O2S. The van der Waals surface area contributed by atoms with E-state index in [9.17, 15) is 8.42 Å². The molecule has 2 unspecified atom stereocenters. The van der Waals surface area contributed by atoms with Crippen molar-refractivity contribution in [2.45, 2.75) is 27.2 Å². The molecule has 0 bridgehead atoms. The van der Waals surface area contributed by atoms with E-state index in [4.69, 9.17) is 6.42 Å². The molecule has 1 saturated heterocycles. The van der Waals surface area contributed by atoms with E-state index in [0.717, 1.165) is 6.42 Å². The average molecular weight is 282 g/mol. The molecule has 1 aliphatic rings. The van der Waals surface area contributed by atoms with Crippen LogP contribution in [0.5, 0.6) is 0 Å². The molecular weight excluding hydrogens is 260 g/mol. The van der Waals surface area contributed by atoms with Crippen molar-refractivity contribution >= 4 is 10.2 Å². The lowest BCUT2D eigenvalue weighted by molar-refractivity contribution is 0.212. The summed E-state index contributed by atoms with van der Waals surface area (Å²) in [5.41, 5.74) is 0. The SMILES string of the molecule is C#CCN(CC#CC)S(=O)(=O)N1CC(C)CC(C)C1. The molecule has 0 spiro atoms. The average Bonchev–Trinajstić information content (AvgIpc) is 2.33. The lowest BCUT2D eigenvalue weighted by Crippen LogP contribution is -2.49. The molecule has 0 aromatic rings. The molecule has 0 radical (unpaired) electrons. The molecule has 0 aromatic heterocycles. The van der Waals surface area contributed by atoms with Crippen LogP contribution in [0, 0.1) is 36.0 Å². The molecule has 19 heavy (non-hydrogen) atoms. The summed E-state index contributed by atoms with van der Waals surface area (Å²) in [6.07, 6.45) is 6.32. The van der Waals surface area contributed by atoms with Crippen molar-refractivity contribution in [2.24, 2.45) is 11.8 Å². The van der Waals surface area contributed by atoms with Gasteiger partial charge in [0.25, 0.3) is 10.2 Å². The Balaban J connectivity index is 2.91. The number of rotatable bonds is 4. The Bertz CT molecular complexity index is 486. The fraction of sp³-hybridized carbons (Fsp3) is 0.714. The van der Waals surface area contributed by atoms with E-state index in [2.05, 4.69) is 31.6 Å². The van der Waals surface area contributed by atoms with Crippen molar-refractivity contribution in [3.05, 3.63) is 0 Å². The Hall–Kier alpha value is -1.01. The fourth-order valence-corrected chi connectivity index (χ4v) is 4.12. The van der Waals surface area contributed by atoms with E-state index in [1.54, 1.807) is 11.2 Å². The van der Waals surface area contributed by atoms with Crippen LogP contribution in [0.4, 0.5) is 0 Å². The van der Waals surface area contributed by atoms with Gasteiger partial charge in [0.1, 0.15) is 0 Å². The molecule has 1 heterocycles. The third-order valence-corrected chi connectivity index (χ3v) is 5.05. The first-order chi connectivity index (χ1) is 8.91. The van der Waals surface area contributed by atoms with Crippen molar-refractivity contribution in [3.8, 4) is 24.2 Å². The number of hydrogen-bond acceptors (Lipinski definition) is 2. The van der Waals surface area contributed by atoms with Crippen molar-refractivity contribution in [1.82, 2.24) is 8.61 Å². The molecule has 0 aliphatic carbocycles. The Kier molecular flexibility index (Phi) is 5.87. The summed E-state index contributed by atoms with van der Waals surface area (Å²) in [7, 11) is -3.50. The highest BCUT2D eigenvalue weighted by molar-refractivity contribution is 7.86. The van der Waals surface area contributed by atoms with Gasteiger partial charge in [-0.3, -0.25) is 0 Å². The molecule has 106 valence electrons. The highest BCUT2D eigenvalue weighted by atomic mass is 32.2. The standard InChI is InChI=1S/C14H22N2O2S/c1-5-7-9-15(8-6-2)19(17,18)16-11-13(3)10-14(4)12-16/h2,13-14H,8-12H2,1,3-4H3. The Morgan fingerprint density at radius 1 is 1.26 bits per heavy atom. The van der Waals surface area contributed by atoms with Gasteiger partial charge in [-0.25, -0.2) is 0 Å². The maximum absolute atomic E-state index is 12.6. The fourth-order valence-electron chi connectivity index (χ4n) is 2.45. The molecule has 2 atom stereocenters. The quantitative estimate of drug-likeness (QED) is 0.726. The third-order valence-electron chi connectivity index (χ3n) is 3.19. The van der Waals surface area contributed by atoms with E-state index in [1.165, 1.54) is 4.31 Å². The van der Waals surface area contributed by atoms with Gasteiger partial charge in [-0.1, -0.05) is 25.7 Å². The summed E-state index contributed by atoms with van der Waals surface area (Å²) >= 11 is 0. The highest BCUT2D eigenvalue weighted by Gasteiger charge is 2.34. The van der Waals surface area contributed by atoms with Gasteiger partial charge in [-0.2, -0.15) is 17.0 Å². The zero-order chi connectivity index (χ0) is 14.5. The second-order valence-corrected chi connectivity index (χ2v) is 7.10. The summed E-state index contributed by atoms with van der Waals surface area (Å²) in [5, 5.41) is 0. The maximum atomic E-state index is 12.6. The minimum absolute atomic E-state index is 0.0657. The first-order valence-electron chi connectivity index (χ1n) is 6.50. The van der Waals surface area contributed by atoms with Gasteiger partial charge >= 0.3 is 0 Å². The lowest BCUT2D eigenvalue weighted by Gasteiger charge is -2.36. The maximum Gasteiger partial charge on any atom is 0.283 e. The minimum atomic E-state index is -3.50. The number of piperidine rings is 1. The lowest BCUT2D eigenvalue weighted by atomic mass is 9.94. The van der Waals surface area contributed by atoms with Crippen molar-refractivity contribution in [1.29, 1.82) is 0 Å². The Morgan fingerprint density at radius 2 is 1.84 bits per heavy atom. The number of terminal acetylenes is 1. The Morgan fingerprint density at radius 3 is 2.32 bits per heavy atom. The van der Waals surface area contributed by atoms with Crippen molar-refractivity contribution < 1.29 is 8.42 Å². The van der Waals surface area contributed by atoms with Crippen LogP contribution in [0.1, 0.15) is 27.2 Å². The van der Waals surface area contributed by atoms with Crippen molar-refractivity contribution in [2.75, 3.05) is 26.2 Å². The second kappa shape index (κ2) is 6.96. The summed E-state index contributed by atoms with van der Waals surface area (Å²) in [4.78, 5) is 0. The van der Waals surface area contributed by atoms with Crippen LogP contribution in [0.3, 0.4) is 0 Å². The largest absolute Gasteiger partial charge is 0.283 e. The number of nitrogens with zero attached hydrogens (tertiary/aromatic N) is 2. The van der Waals surface area contributed by atoms with Gasteiger partial charge in [0.2, 0.25) is 0 Å². The van der Waals surface area contributed by atoms with E-state index >= 15 is 0 Å². The third kappa shape index (κ3) is 4.24. The zero-order valence-electron chi connectivity index (χ0n) is 11.9. The van der Waals surface area contributed by atoms with E-state index in [-0.39, 0.29) is 13.1 Å². The predicted octanol–water partition coefficient (Wildman–Crippen LogP) is 1.17. The van der Waals surface area contributed by atoms with Crippen LogP contribution >= 0.6 is 0 Å². The highest BCUT2D eigenvalue weighted by Crippen LogP contribution is 2.24. The summed E-state index contributed by atoms with van der Waals surface area (Å²) in [5.74, 6) is 8.63. The molecule has 0 aromatic carbocycles. The van der Waals surface area contributed by atoms with Gasteiger partial charge in [-0.15, -0.1) is 12.3 Å². The zero-order valence-corrected chi connectivity index (χ0v) is 12.7. The van der Waals surface area contributed by atoms with E-state index < -0.39 is 10.2 Å².